The predicted octanol–water partition coefficient (Wildman–Crippen LogP) is 4.64. The quantitative estimate of drug-likeness (QED) is 0.428. The molecule has 0 aliphatic carbocycles. The fourth-order valence-electron chi connectivity index (χ4n) is 3.44. The number of carbonyl (C=O) groups is 1. The number of carboxylic acid groups (broad SMARTS) is 1. The average Bonchev–Trinajstić information content (AvgIpc) is 3.14. The Balaban J connectivity index is 1.79. The van der Waals surface area contributed by atoms with E-state index in [-0.39, 0.29) is 6.42 Å². The molecule has 3 rings (SSSR count). The molecule has 0 saturated heterocycles. The Morgan fingerprint density at radius 1 is 1.10 bits per heavy atom. The number of rotatable bonds is 12. The normalized spacial score (nSPS) is 10.8. The minimum Gasteiger partial charge on any atom is -0.494 e. The molecule has 162 valence electrons. The Morgan fingerprint density at radius 2 is 1.90 bits per heavy atom. The Morgan fingerprint density at radius 3 is 2.61 bits per heavy atom. The second kappa shape index (κ2) is 11.1. The molecule has 0 amide bonds. The van der Waals surface area contributed by atoms with E-state index >= 15 is 0 Å². The van der Waals surface area contributed by atoms with Crippen LogP contribution in [0.3, 0.4) is 0 Å². The number of unbranched alkanes of at least 4 members (excludes halogenated alkanes) is 2. The third-order valence-corrected chi connectivity index (χ3v) is 5.03. The second-order valence-electron chi connectivity index (χ2n) is 7.33. The minimum atomic E-state index is -0.758. The summed E-state index contributed by atoms with van der Waals surface area (Å²) in [6.45, 7) is 1.95. The van der Waals surface area contributed by atoms with Crippen molar-refractivity contribution in [2.75, 3.05) is 20.3 Å². The molecule has 3 aromatic rings. The van der Waals surface area contributed by atoms with Crippen LogP contribution in [0.4, 0.5) is 0 Å². The number of aliphatic carboxylic acids is 1. The van der Waals surface area contributed by atoms with Gasteiger partial charge in [-0.3, -0.25) is 4.79 Å². The maximum Gasteiger partial charge on any atom is 0.303 e. The van der Waals surface area contributed by atoms with Gasteiger partial charge in [0.05, 0.1) is 29.3 Å². The van der Waals surface area contributed by atoms with Gasteiger partial charge in [0, 0.05) is 38.3 Å². The number of fused-ring (bicyclic) bond motifs is 1. The molecular weight excluding hydrogens is 394 g/mol. The highest BCUT2D eigenvalue weighted by atomic mass is 16.5. The molecule has 31 heavy (non-hydrogen) atoms. The van der Waals surface area contributed by atoms with Gasteiger partial charge in [-0.1, -0.05) is 0 Å². The van der Waals surface area contributed by atoms with Crippen LogP contribution in [0.25, 0.3) is 22.4 Å². The van der Waals surface area contributed by atoms with Gasteiger partial charge in [0.2, 0.25) is 0 Å². The molecule has 1 N–H and O–H groups in total. The van der Waals surface area contributed by atoms with E-state index in [9.17, 15) is 4.79 Å². The lowest BCUT2D eigenvalue weighted by Crippen LogP contribution is -2.04. The number of carboxylic acids is 1. The molecule has 0 atom stereocenters. The maximum atomic E-state index is 10.6. The number of ether oxygens (including phenoxy) is 2. The summed E-state index contributed by atoms with van der Waals surface area (Å²) < 4.78 is 13.3. The fourth-order valence-corrected chi connectivity index (χ4v) is 3.44. The molecule has 0 spiro atoms. The second-order valence-corrected chi connectivity index (χ2v) is 7.33. The highest BCUT2D eigenvalue weighted by Crippen LogP contribution is 2.28. The van der Waals surface area contributed by atoms with E-state index < -0.39 is 5.97 Å². The van der Waals surface area contributed by atoms with Crippen molar-refractivity contribution in [1.82, 2.24) is 9.55 Å². The number of hydrogen-bond donors (Lipinski definition) is 1. The number of nitriles is 1. The molecule has 0 bridgehead atoms. The number of hydrogen-bond acceptors (Lipinski definition) is 5. The molecule has 2 aromatic carbocycles. The molecule has 0 aliphatic heterocycles. The van der Waals surface area contributed by atoms with Gasteiger partial charge < -0.3 is 19.1 Å². The third kappa shape index (κ3) is 6.06. The van der Waals surface area contributed by atoms with Crippen LogP contribution in [0, 0.1) is 11.3 Å². The molecule has 0 saturated carbocycles. The molecule has 7 nitrogen and oxygen atoms in total. The van der Waals surface area contributed by atoms with E-state index in [0.717, 1.165) is 54.0 Å². The molecule has 0 radical (unpaired) electrons. The lowest BCUT2D eigenvalue weighted by atomic mass is 10.1. The van der Waals surface area contributed by atoms with Crippen LogP contribution in [0.2, 0.25) is 0 Å². The van der Waals surface area contributed by atoms with Crippen molar-refractivity contribution in [3.63, 3.8) is 0 Å². The van der Waals surface area contributed by atoms with Gasteiger partial charge in [-0.05, 0) is 62.1 Å². The number of methoxy groups -OCH3 is 1. The SMILES string of the molecule is COCCCn1c(-c2ccc(C#N)cc2)nc2ccc(OCCCCCC(=O)O)cc21. The molecule has 0 fully saturated rings. The van der Waals surface area contributed by atoms with Gasteiger partial charge in [-0.25, -0.2) is 4.98 Å². The Bertz CT molecular complexity index is 1050. The van der Waals surface area contributed by atoms with Crippen molar-refractivity contribution < 1.29 is 19.4 Å². The Kier molecular flexibility index (Phi) is 8.02. The molecule has 0 aliphatic rings. The molecular formula is C24H27N3O4. The summed E-state index contributed by atoms with van der Waals surface area (Å²) in [6, 6.07) is 15.4. The van der Waals surface area contributed by atoms with Gasteiger partial charge in [0.1, 0.15) is 11.6 Å². The molecule has 7 heteroatoms. The van der Waals surface area contributed by atoms with Crippen LogP contribution in [0.1, 0.15) is 37.7 Å². The van der Waals surface area contributed by atoms with Crippen molar-refractivity contribution in [3.05, 3.63) is 48.0 Å². The minimum absolute atomic E-state index is 0.199. The number of nitrogens with zero attached hydrogens (tertiary/aromatic N) is 3. The lowest BCUT2D eigenvalue weighted by Gasteiger charge is -2.10. The first-order chi connectivity index (χ1) is 15.1. The number of imidazole rings is 1. The summed E-state index contributed by atoms with van der Waals surface area (Å²) in [5.41, 5.74) is 3.43. The number of aryl methyl sites for hydroxylation is 1. The zero-order valence-electron chi connectivity index (χ0n) is 17.7. The summed E-state index contributed by atoms with van der Waals surface area (Å²) >= 11 is 0. The van der Waals surface area contributed by atoms with E-state index in [1.54, 1.807) is 19.2 Å². The monoisotopic (exact) mass is 421 g/mol. The standard InChI is InChI=1S/C24H27N3O4/c1-30-14-5-13-27-22-16-20(31-15-4-2-3-6-23(28)29)11-12-21(22)26-24(27)19-9-7-18(17-25)8-10-19/h7-12,16H,2-6,13-15H2,1H3,(H,28,29). The van der Waals surface area contributed by atoms with E-state index in [4.69, 9.17) is 24.8 Å². The number of benzene rings is 2. The summed E-state index contributed by atoms with van der Waals surface area (Å²) in [5.74, 6) is 0.859. The summed E-state index contributed by atoms with van der Waals surface area (Å²) in [4.78, 5) is 15.4. The van der Waals surface area contributed by atoms with Crippen molar-refractivity contribution in [1.29, 1.82) is 5.26 Å². The van der Waals surface area contributed by atoms with E-state index in [1.165, 1.54) is 0 Å². The number of aromatic nitrogens is 2. The topological polar surface area (TPSA) is 97.4 Å². The van der Waals surface area contributed by atoms with Crippen LogP contribution in [0.5, 0.6) is 5.75 Å². The summed E-state index contributed by atoms with van der Waals surface area (Å²) in [7, 11) is 1.69. The Labute approximate surface area is 181 Å². The molecule has 1 aromatic heterocycles. The van der Waals surface area contributed by atoms with E-state index in [0.29, 0.717) is 25.2 Å². The van der Waals surface area contributed by atoms with Crippen LogP contribution in [-0.2, 0) is 16.1 Å². The van der Waals surface area contributed by atoms with E-state index in [1.807, 2.05) is 30.3 Å². The highest BCUT2D eigenvalue weighted by Gasteiger charge is 2.14. The van der Waals surface area contributed by atoms with E-state index in [2.05, 4.69) is 10.6 Å². The zero-order valence-corrected chi connectivity index (χ0v) is 17.7. The van der Waals surface area contributed by atoms with Gasteiger partial charge in [0.25, 0.3) is 0 Å². The van der Waals surface area contributed by atoms with Gasteiger partial charge >= 0.3 is 5.97 Å². The zero-order chi connectivity index (χ0) is 22.1. The Hall–Kier alpha value is -3.37. The predicted molar refractivity (Wildman–Crippen MR) is 118 cm³/mol. The van der Waals surface area contributed by atoms with Crippen molar-refractivity contribution >= 4 is 17.0 Å². The van der Waals surface area contributed by atoms with Gasteiger partial charge in [-0.15, -0.1) is 0 Å². The first-order valence-electron chi connectivity index (χ1n) is 10.5. The van der Waals surface area contributed by atoms with Crippen molar-refractivity contribution in [3.8, 4) is 23.2 Å². The summed E-state index contributed by atoms with van der Waals surface area (Å²) in [6.07, 6.45) is 3.35. The average molecular weight is 421 g/mol. The molecule has 1 heterocycles. The third-order valence-electron chi connectivity index (χ3n) is 5.03. The van der Waals surface area contributed by atoms with Gasteiger partial charge in [0.15, 0.2) is 0 Å². The van der Waals surface area contributed by atoms with Gasteiger partial charge in [-0.2, -0.15) is 5.26 Å². The first-order valence-corrected chi connectivity index (χ1v) is 10.5. The lowest BCUT2D eigenvalue weighted by molar-refractivity contribution is -0.137. The largest absolute Gasteiger partial charge is 0.494 e. The van der Waals surface area contributed by atoms with Crippen LogP contribution in [-0.4, -0.2) is 41.0 Å². The fraction of sp³-hybridized carbons (Fsp3) is 0.375. The van der Waals surface area contributed by atoms with Crippen LogP contribution in [0.15, 0.2) is 42.5 Å². The smallest absolute Gasteiger partial charge is 0.303 e. The summed E-state index contributed by atoms with van der Waals surface area (Å²) in [5, 5.41) is 17.8. The van der Waals surface area contributed by atoms with Crippen LogP contribution >= 0.6 is 0 Å². The first kappa shape index (κ1) is 22.3. The maximum absolute atomic E-state index is 10.6. The van der Waals surface area contributed by atoms with Crippen molar-refractivity contribution in [2.45, 2.75) is 38.6 Å². The molecule has 0 unspecified atom stereocenters. The highest BCUT2D eigenvalue weighted by molar-refractivity contribution is 5.82. The van der Waals surface area contributed by atoms with Crippen LogP contribution < -0.4 is 4.74 Å². The van der Waals surface area contributed by atoms with Crippen molar-refractivity contribution in [2.24, 2.45) is 0 Å².